The van der Waals surface area contributed by atoms with Crippen molar-refractivity contribution in [1.29, 1.82) is 0 Å². The van der Waals surface area contributed by atoms with Gasteiger partial charge in [0.05, 0.1) is 12.3 Å². The average molecular weight is 543 g/mol. The molecule has 0 bridgehead atoms. The predicted octanol–water partition coefficient (Wildman–Crippen LogP) is 7.98. The zero-order chi connectivity index (χ0) is 28.5. The van der Waals surface area contributed by atoms with Crippen molar-refractivity contribution in [1.82, 2.24) is 4.90 Å². The molecule has 212 valence electrons. The normalized spacial score (nSPS) is 11.9. The Bertz CT molecular complexity index is 1300. The van der Waals surface area contributed by atoms with Crippen LogP contribution in [0.2, 0.25) is 0 Å². The van der Waals surface area contributed by atoms with Crippen LogP contribution in [0.5, 0.6) is 5.75 Å². The number of unbranched alkanes of at least 4 members (excludes halogenated alkanes) is 4. The van der Waals surface area contributed by atoms with Crippen LogP contribution < -0.4 is 10.1 Å². The summed E-state index contributed by atoms with van der Waals surface area (Å²) in [5.41, 5.74) is 5.62. The molecule has 0 fully saturated rings. The number of hydrogen-bond acceptors (Lipinski definition) is 4. The van der Waals surface area contributed by atoms with E-state index in [4.69, 9.17) is 9.47 Å². The van der Waals surface area contributed by atoms with Crippen molar-refractivity contribution in [3.05, 3.63) is 83.4 Å². The molecule has 4 rings (SSSR count). The molecular formula is C34H42N2O4. The van der Waals surface area contributed by atoms with Gasteiger partial charge in [0.15, 0.2) is 5.60 Å². The smallest absolute Gasteiger partial charge is 0.349 e. The SMILES string of the molecule is CCCCCCCN(Cc1ccc(OC(C)(C)C(=O)OCC)cc1)C(=O)Nc1cccc2c1-c1ccccc1C2. The number of fused-ring (bicyclic) bond motifs is 3. The van der Waals surface area contributed by atoms with E-state index >= 15 is 0 Å². The monoisotopic (exact) mass is 542 g/mol. The van der Waals surface area contributed by atoms with Crippen LogP contribution in [0.4, 0.5) is 10.5 Å². The minimum atomic E-state index is -1.09. The van der Waals surface area contributed by atoms with Gasteiger partial charge in [-0.15, -0.1) is 0 Å². The van der Waals surface area contributed by atoms with Crippen molar-refractivity contribution in [3.63, 3.8) is 0 Å². The number of rotatable bonds is 13. The number of nitrogens with one attached hydrogen (secondary N) is 1. The zero-order valence-corrected chi connectivity index (χ0v) is 24.3. The van der Waals surface area contributed by atoms with E-state index < -0.39 is 11.6 Å². The van der Waals surface area contributed by atoms with Gasteiger partial charge in [-0.25, -0.2) is 9.59 Å². The molecule has 0 aliphatic heterocycles. The van der Waals surface area contributed by atoms with Crippen molar-refractivity contribution in [2.24, 2.45) is 0 Å². The van der Waals surface area contributed by atoms with Gasteiger partial charge >= 0.3 is 12.0 Å². The summed E-state index contributed by atoms with van der Waals surface area (Å²) in [6.07, 6.45) is 6.52. The lowest BCUT2D eigenvalue weighted by atomic mass is 10.0. The van der Waals surface area contributed by atoms with Gasteiger partial charge < -0.3 is 19.7 Å². The first kappa shape index (κ1) is 29.2. The molecule has 1 aliphatic rings. The Morgan fingerprint density at radius 1 is 0.875 bits per heavy atom. The second-order valence-corrected chi connectivity index (χ2v) is 10.9. The van der Waals surface area contributed by atoms with E-state index in [2.05, 4.69) is 42.6 Å². The Kier molecular flexibility index (Phi) is 9.86. The molecule has 0 aromatic heterocycles. The van der Waals surface area contributed by atoms with Gasteiger partial charge in [0.2, 0.25) is 0 Å². The molecule has 0 spiro atoms. The van der Waals surface area contributed by atoms with Crippen LogP contribution in [0.3, 0.4) is 0 Å². The number of urea groups is 1. The Labute approximate surface area is 238 Å². The Morgan fingerprint density at radius 2 is 1.60 bits per heavy atom. The summed E-state index contributed by atoms with van der Waals surface area (Å²) in [7, 11) is 0. The predicted molar refractivity (Wildman–Crippen MR) is 161 cm³/mol. The molecule has 3 aromatic rings. The third-order valence-corrected chi connectivity index (χ3v) is 7.32. The van der Waals surface area contributed by atoms with Crippen LogP contribution >= 0.6 is 0 Å². The molecule has 0 atom stereocenters. The molecule has 6 heteroatoms. The summed E-state index contributed by atoms with van der Waals surface area (Å²) in [5.74, 6) is 0.177. The minimum absolute atomic E-state index is 0.1000. The fourth-order valence-corrected chi connectivity index (χ4v) is 5.17. The fraction of sp³-hybridized carbons (Fsp3) is 0.412. The summed E-state index contributed by atoms with van der Waals surface area (Å²) in [5, 5.41) is 3.23. The van der Waals surface area contributed by atoms with Crippen LogP contribution in [0, 0.1) is 0 Å². The number of anilines is 1. The molecule has 0 saturated heterocycles. The maximum atomic E-state index is 13.7. The average Bonchev–Trinajstić information content (AvgIpc) is 3.33. The van der Waals surface area contributed by atoms with E-state index in [1.807, 2.05) is 41.3 Å². The van der Waals surface area contributed by atoms with E-state index in [1.54, 1.807) is 20.8 Å². The highest BCUT2D eigenvalue weighted by atomic mass is 16.6. The zero-order valence-electron chi connectivity index (χ0n) is 24.3. The summed E-state index contributed by atoms with van der Waals surface area (Å²) >= 11 is 0. The first-order chi connectivity index (χ1) is 19.3. The summed E-state index contributed by atoms with van der Waals surface area (Å²) in [6, 6.07) is 22.0. The van der Waals surface area contributed by atoms with Crippen molar-refractivity contribution < 1.29 is 19.1 Å². The maximum absolute atomic E-state index is 13.7. The second kappa shape index (κ2) is 13.5. The Hall–Kier alpha value is -3.80. The molecule has 6 nitrogen and oxygen atoms in total. The summed E-state index contributed by atoms with van der Waals surface area (Å²) in [6.45, 7) is 8.84. The number of esters is 1. The van der Waals surface area contributed by atoms with Crippen molar-refractivity contribution >= 4 is 17.7 Å². The van der Waals surface area contributed by atoms with E-state index in [0.29, 0.717) is 25.4 Å². The molecule has 3 aromatic carbocycles. The van der Waals surface area contributed by atoms with Crippen molar-refractivity contribution in [2.45, 2.75) is 78.4 Å². The third-order valence-electron chi connectivity index (χ3n) is 7.32. The molecule has 1 N–H and O–H groups in total. The standard InChI is InChI=1S/C34H42N2O4/c1-5-7-8-9-12-22-36(24-25-18-20-28(21-19-25)40-34(3,4)32(37)39-6-2)33(38)35-30-17-13-15-27-23-26-14-10-11-16-29(26)31(27)30/h10-11,13-21H,5-9,12,22-24H2,1-4H3,(H,35,38). The first-order valence-corrected chi connectivity index (χ1v) is 14.5. The number of ether oxygens (including phenoxy) is 2. The van der Waals surface area contributed by atoms with Crippen LogP contribution in [0.15, 0.2) is 66.7 Å². The number of carbonyl (C=O) groups is 2. The highest BCUT2D eigenvalue weighted by Gasteiger charge is 2.31. The topological polar surface area (TPSA) is 67.9 Å². The maximum Gasteiger partial charge on any atom is 0.349 e. The Morgan fingerprint density at radius 3 is 2.35 bits per heavy atom. The quantitative estimate of drug-likeness (QED) is 0.137. The third kappa shape index (κ3) is 7.23. The molecule has 0 unspecified atom stereocenters. The minimum Gasteiger partial charge on any atom is -0.476 e. The van der Waals surface area contributed by atoms with Gasteiger partial charge in [0.25, 0.3) is 0 Å². The van der Waals surface area contributed by atoms with Crippen LogP contribution in [0.1, 0.15) is 76.5 Å². The molecule has 0 saturated carbocycles. The lowest BCUT2D eigenvalue weighted by molar-refractivity contribution is -0.158. The highest BCUT2D eigenvalue weighted by molar-refractivity contribution is 5.97. The highest BCUT2D eigenvalue weighted by Crippen LogP contribution is 2.41. The van der Waals surface area contributed by atoms with Crippen LogP contribution in [-0.4, -0.2) is 35.7 Å². The molecule has 40 heavy (non-hydrogen) atoms. The number of nitrogens with zero attached hydrogens (tertiary/aromatic N) is 1. The molecular weight excluding hydrogens is 500 g/mol. The van der Waals surface area contributed by atoms with Crippen LogP contribution in [-0.2, 0) is 22.5 Å². The van der Waals surface area contributed by atoms with E-state index in [1.165, 1.54) is 36.0 Å². The number of benzene rings is 3. The molecule has 0 heterocycles. The van der Waals surface area contributed by atoms with E-state index in [9.17, 15) is 9.59 Å². The number of amides is 2. The largest absolute Gasteiger partial charge is 0.476 e. The molecule has 2 amide bonds. The van der Waals surface area contributed by atoms with Gasteiger partial charge in [0.1, 0.15) is 5.75 Å². The number of hydrogen-bond donors (Lipinski definition) is 1. The van der Waals surface area contributed by atoms with E-state index in [0.717, 1.165) is 36.1 Å². The molecule has 0 radical (unpaired) electrons. The van der Waals surface area contributed by atoms with Gasteiger partial charge in [-0.2, -0.15) is 0 Å². The van der Waals surface area contributed by atoms with Gasteiger partial charge in [-0.3, -0.25) is 0 Å². The first-order valence-electron chi connectivity index (χ1n) is 14.5. The van der Waals surface area contributed by atoms with Gasteiger partial charge in [-0.05, 0) is 74.1 Å². The van der Waals surface area contributed by atoms with Crippen molar-refractivity contribution in [2.75, 3.05) is 18.5 Å². The molecule has 1 aliphatic carbocycles. The second-order valence-electron chi connectivity index (χ2n) is 10.9. The van der Waals surface area contributed by atoms with Gasteiger partial charge in [0, 0.05) is 18.7 Å². The summed E-state index contributed by atoms with van der Waals surface area (Å²) in [4.78, 5) is 27.8. The lowest BCUT2D eigenvalue weighted by Crippen LogP contribution is -2.39. The number of carbonyl (C=O) groups excluding carboxylic acids is 2. The summed E-state index contributed by atoms with van der Waals surface area (Å²) < 4.78 is 11.0. The fourth-order valence-electron chi connectivity index (χ4n) is 5.17. The van der Waals surface area contributed by atoms with Crippen molar-refractivity contribution in [3.8, 4) is 16.9 Å². The Balaban J connectivity index is 1.48. The van der Waals surface area contributed by atoms with E-state index in [-0.39, 0.29) is 6.03 Å². The lowest BCUT2D eigenvalue weighted by Gasteiger charge is -2.25. The van der Waals surface area contributed by atoms with Gasteiger partial charge in [-0.1, -0.05) is 81.1 Å². The van der Waals surface area contributed by atoms with Crippen LogP contribution in [0.25, 0.3) is 11.1 Å².